The Balaban J connectivity index is 1.47. The molecule has 0 radical (unpaired) electrons. The first-order chi connectivity index (χ1) is 14.1. The van der Waals surface area contributed by atoms with E-state index in [0.717, 1.165) is 39.5 Å². The third kappa shape index (κ3) is 3.29. The summed E-state index contributed by atoms with van der Waals surface area (Å²) in [5.74, 6) is -0.169. The molecule has 5 rings (SSSR count). The van der Waals surface area contributed by atoms with E-state index in [4.69, 9.17) is 0 Å². The Kier molecular flexibility index (Phi) is 4.35. The third-order valence-corrected chi connectivity index (χ3v) is 5.99. The van der Waals surface area contributed by atoms with Crippen LogP contribution in [0.15, 0.2) is 65.6 Å². The molecule has 1 atom stereocenters. The number of aromatic nitrogens is 3. The van der Waals surface area contributed by atoms with E-state index in [9.17, 15) is 9.18 Å². The van der Waals surface area contributed by atoms with Crippen LogP contribution >= 0.6 is 15.9 Å². The van der Waals surface area contributed by atoms with Crippen LogP contribution in [0.3, 0.4) is 0 Å². The van der Waals surface area contributed by atoms with Gasteiger partial charge in [-0.25, -0.2) is 9.07 Å². The van der Waals surface area contributed by atoms with Gasteiger partial charge >= 0.3 is 0 Å². The quantitative estimate of drug-likeness (QED) is 0.620. The van der Waals surface area contributed by atoms with Gasteiger partial charge in [-0.3, -0.25) is 9.78 Å². The molecular formula is C22H18BrFN4O. The summed E-state index contributed by atoms with van der Waals surface area (Å²) in [6.07, 6.45) is 11.1. The number of pyridine rings is 1. The van der Waals surface area contributed by atoms with Crippen molar-refractivity contribution in [3.8, 4) is 0 Å². The number of allylic oxidation sites excluding steroid dienone is 4. The van der Waals surface area contributed by atoms with E-state index in [2.05, 4.69) is 31.3 Å². The smallest absolute Gasteiger partial charge is 0.254 e. The van der Waals surface area contributed by atoms with E-state index in [1.807, 2.05) is 24.3 Å². The van der Waals surface area contributed by atoms with Crippen molar-refractivity contribution < 1.29 is 9.18 Å². The van der Waals surface area contributed by atoms with Crippen molar-refractivity contribution >= 4 is 38.4 Å². The molecule has 0 aliphatic heterocycles. The molecule has 1 unspecified atom stereocenters. The van der Waals surface area contributed by atoms with E-state index in [0.29, 0.717) is 12.0 Å². The van der Waals surface area contributed by atoms with Crippen LogP contribution in [0.5, 0.6) is 0 Å². The zero-order valence-electron chi connectivity index (χ0n) is 15.5. The third-order valence-electron chi connectivity index (χ3n) is 5.49. The highest BCUT2D eigenvalue weighted by atomic mass is 79.9. The molecule has 1 N–H and O–H groups in total. The molecule has 0 bridgehead atoms. The van der Waals surface area contributed by atoms with Gasteiger partial charge in [0.25, 0.3) is 5.91 Å². The number of nitrogens with zero attached hydrogens (tertiary/aromatic N) is 3. The Morgan fingerprint density at radius 1 is 1.28 bits per heavy atom. The summed E-state index contributed by atoms with van der Waals surface area (Å²) in [4.78, 5) is 17.4. The van der Waals surface area contributed by atoms with Crippen LogP contribution in [0, 0.1) is 0 Å². The van der Waals surface area contributed by atoms with Crippen LogP contribution in [-0.4, -0.2) is 26.8 Å². The number of amides is 1. The summed E-state index contributed by atoms with van der Waals surface area (Å²) < 4.78 is 16.1. The fourth-order valence-corrected chi connectivity index (χ4v) is 4.15. The molecule has 2 aromatic heterocycles. The number of hydrogen-bond donors (Lipinski definition) is 1. The highest BCUT2D eigenvalue weighted by Crippen LogP contribution is 2.46. The number of alkyl halides is 1. The molecule has 1 amide bonds. The number of fused-ring (bicyclic) bond motifs is 1. The standard InChI is InChI=1S/C22H18BrFN4O/c23-15-3-1-2-14(10-15)22(8-9-22)27-21(29)19-11-25-13-20-18(19)12-26-28(20)17-6-4-16(24)5-7-17/h1-4,6-7,10-13,16H,5,8-9H2,(H,27,29). The van der Waals surface area contributed by atoms with Gasteiger partial charge in [-0.15, -0.1) is 0 Å². The molecular weight excluding hydrogens is 435 g/mol. The van der Waals surface area contributed by atoms with Crippen LogP contribution in [0.4, 0.5) is 4.39 Å². The highest BCUT2D eigenvalue weighted by Gasteiger charge is 2.46. The van der Waals surface area contributed by atoms with E-state index in [1.54, 1.807) is 35.4 Å². The predicted molar refractivity (Wildman–Crippen MR) is 113 cm³/mol. The summed E-state index contributed by atoms with van der Waals surface area (Å²) in [5, 5.41) is 8.34. The van der Waals surface area contributed by atoms with Crippen LogP contribution in [-0.2, 0) is 5.54 Å². The lowest BCUT2D eigenvalue weighted by Crippen LogP contribution is -2.35. The Bertz CT molecular complexity index is 1180. The highest BCUT2D eigenvalue weighted by molar-refractivity contribution is 9.10. The van der Waals surface area contributed by atoms with E-state index in [-0.39, 0.29) is 11.4 Å². The monoisotopic (exact) mass is 452 g/mol. The normalized spacial score (nSPS) is 19.8. The Hall–Kier alpha value is -2.80. The molecule has 29 heavy (non-hydrogen) atoms. The molecule has 2 heterocycles. The van der Waals surface area contributed by atoms with Crippen LogP contribution in [0.25, 0.3) is 16.6 Å². The van der Waals surface area contributed by atoms with Gasteiger partial charge in [0.2, 0.25) is 0 Å². The van der Waals surface area contributed by atoms with Crippen molar-refractivity contribution in [3.63, 3.8) is 0 Å². The lowest BCUT2D eigenvalue weighted by molar-refractivity contribution is 0.0932. The second-order valence-corrected chi connectivity index (χ2v) is 8.38. The molecule has 0 saturated heterocycles. The number of carbonyl (C=O) groups excluding carboxylic acids is 1. The van der Waals surface area contributed by atoms with Crippen molar-refractivity contribution in [2.45, 2.75) is 31.0 Å². The van der Waals surface area contributed by atoms with Gasteiger partial charge in [0.05, 0.1) is 34.7 Å². The van der Waals surface area contributed by atoms with Gasteiger partial charge in [-0.05, 0) is 42.7 Å². The maximum absolute atomic E-state index is 13.4. The summed E-state index contributed by atoms with van der Waals surface area (Å²) in [6, 6.07) is 8.03. The summed E-state index contributed by atoms with van der Waals surface area (Å²) in [5.41, 5.74) is 2.75. The van der Waals surface area contributed by atoms with E-state index in [1.165, 1.54) is 6.08 Å². The van der Waals surface area contributed by atoms with Crippen molar-refractivity contribution in [3.05, 3.63) is 76.7 Å². The number of rotatable bonds is 4. The minimum Gasteiger partial charge on any atom is -0.342 e. The lowest BCUT2D eigenvalue weighted by atomic mass is 10.0. The molecule has 146 valence electrons. The van der Waals surface area contributed by atoms with Gasteiger partial charge in [0.1, 0.15) is 6.17 Å². The minimum absolute atomic E-state index is 0.169. The van der Waals surface area contributed by atoms with Crippen LogP contribution in [0.1, 0.15) is 35.2 Å². The van der Waals surface area contributed by atoms with Gasteiger partial charge in [0.15, 0.2) is 0 Å². The predicted octanol–water partition coefficient (Wildman–Crippen LogP) is 4.75. The Morgan fingerprint density at radius 2 is 2.14 bits per heavy atom. The van der Waals surface area contributed by atoms with Crippen molar-refractivity contribution in [1.29, 1.82) is 0 Å². The first-order valence-electron chi connectivity index (χ1n) is 9.49. The van der Waals surface area contributed by atoms with Gasteiger partial charge in [-0.2, -0.15) is 5.10 Å². The first-order valence-corrected chi connectivity index (χ1v) is 10.3. The Morgan fingerprint density at radius 3 is 2.86 bits per heavy atom. The topological polar surface area (TPSA) is 59.8 Å². The molecule has 7 heteroatoms. The molecule has 1 fully saturated rings. The zero-order valence-corrected chi connectivity index (χ0v) is 17.1. The molecule has 1 saturated carbocycles. The maximum atomic E-state index is 13.4. The molecule has 1 aromatic carbocycles. The Labute approximate surface area is 175 Å². The minimum atomic E-state index is -0.965. The van der Waals surface area contributed by atoms with Crippen molar-refractivity contribution in [2.75, 3.05) is 0 Å². The SMILES string of the molecule is O=C(NC1(c2cccc(Br)c2)CC1)c1cncc2c1cnn2C1=CCC(F)C=C1. The van der Waals surface area contributed by atoms with E-state index >= 15 is 0 Å². The maximum Gasteiger partial charge on any atom is 0.254 e. The average Bonchev–Trinajstić information content (AvgIpc) is 3.38. The summed E-state index contributed by atoms with van der Waals surface area (Å²) >= 11 is 3.50. The van der Waals surface area contributed by atoms with Crippen molar-refractivity contribution in [1.82, 2.24) is 20.1 Å². The van der Waals surface area contributed by atoms with Gasteiger partial charge in [-0.1, -0.05) is 34.1 Å². The average molecular weight is 453 g/mol. The van der Waals surface area contributed by atoms with Gasteiger partial charge in [0, 0.05) is 22.5 Å². The molecule has 0 spiro atoms. The number of benzene rings is 1. The van der Waals surface area contributed by atoms with Crippen molar-refractivity contribution in [2.24, 2.45) is 0 Å². The summed E-state index contributed by atoms with van der Waals surface area (Å²) in [7, 11) is 0. The zero-order chi connectivity index (χ0) is 20.0. The molecule has 3 aromatic rings. The fraction of sp³-hybridized carbons (Fsp3) is 0.227. The number of carbonyl (C=O) groups is 1. The fourth-order valence-electron chi connectivity index (χ4n) is 3.75. The second kappa shape index (κ2) is 6.91. The molecule has 2 aliphatic carbocycles. The van der Waals surface area contributed by atoms with Crippen LogP contribution < -0.4 is 5.32 Å². The number of hydrogen-bond acceptors (Lipinski definition) is 3. The van der Waals surface area contributed by atoms with E-state index < -0.39 is 6.17 Å². The number of halogens is 2. The number of nitrogens with one attached hydrogen (secondary N) is 1. The first kappa shape index (κ1) is 18.2. The largest absolute Gasteiger partial charge is 0.342 e. The summed E-state index contributed by atoms with van der Waals surface area (Å²) in [6.45, 7) is 0. The van der Waals surface area contributed by atoms with Crippen LogP contribution in [0.2, 0.25) is 0 Å². The molecule has 2 aliphatic rings. The lowest BCUT2D eigenvalue weighted by Gasteiger charge is -2.18. The van der Waals surface area contributed by atoms with Gasteiger partial charge < -0.3 is 5.32 Å². The molecule has 5 nitrogen and oxygen atoms in total. The second-order valence-electron chi connectivity index (χ2n) is 7.46.